The number of aromatic nitrogens is 3. The Labute approximate surface area is 158 Å². The molecule has 0 bridgehead atoms. The maximum absolute atomic E-state index is 13.0. The number of hydrogen-bond acceptors (Lipinski definition) is 7. The van der Waals surface area contributed by atoms with Crippen molar-refractivity contribution in [3.63, 3.8) is 0 Å². The van der Waals surface area contributed by atoms with Crippen molar-refractivity contribution in [2.75, 3.05) is 24.1 Å². The van der Waals surface area contributed by atoms with Gasteiger partial charge in [-0.1, -0.05) is 0 Å². The van der Waals surface area contributed by atoms with Crippen LogP contribution in [-0.4, -0.2) is 44.9 Å². The van der Waals surface area contributed by atoms with Gasteiger partial charge in [-0.05, 0) is 50.2 Å². The molecule has 1 aromatic carbocycles. The van der Waals surface area contributed by atoms with Gasteiger partial charge in [0, 0.05) is 11.6 Å². The van der Waals surface area contributed by atoms with Gasteiger partial charge in [0.25, 0.3) is 0 Å². The molecule has 1 saturated heterocycles. The van der Waals surface area contributed by atoms with E-state index in [4.69, 9.17) is 5.73 Å². The summed E-state index contributed by atoms with van der Waals surface area (Å²) in [6.07, 6.45) is -4.55. The van der Waals surface area contributed by atoms with Crippen LogP contribution in [0.4, 0.5) is 35.1 Å². The van der Waals surface area contributed by atoms with E-state index in [1.165, 1.54) is 24.3 Å². The van der Waals surface area contributed by atoms with Gasteiger partial charge in [0.15, 0.2) is 0 Å². The lowest BCUT2D eigenvalue weighted by Gasteiger charge is -2.30. The SMILES string of the molecule is Nc1nc(CN2CCC(C(=O)C(F)(F)F)CC2)nc(Nc2ccc(F)cc2)n1. The first-order valence-corrected chi connectivity index (χ1v) is 8.57. The highest BCUT2D eigenvalue weighted by molar-refractivity contribution is 5.86. The third-order valence-electron chi connectivity index (χ3n) is 4.40. The third-order valence-corrected chi connectivity index (χ3v) is 4.40. The quantitative estimate of drug-likeness (QED) is 0.748. The zero-order valence-corrected chi connectivity index (χ0v) is 14.7. The first-order valence-electron chi connectivity index (χ1n) is 8.57. The van der Waals surface area contributed by atoms with E-state index >= 15 is 0 Å². The number of carbonyl (C=O) groups is 1. The predicted octanol–water partition coefficient (Wildman–Crippen LogP) is 2.68. The molecular weight excluding hydrogens is 380 g/mol. The number of nitrogens with zero attached hydrogens (tertiary/aromatic N) is 4. The van der Waals surface area contributed by atoms with E-state index < -0.39 is 17.9 Å². The number of benzene rings is 1. The number of ketones is 1. The molecule has 0 radical (unpaired) electrons. The van der Waals surface area contributed by atoms with Gasteiger partial charge in [-0.15, -0.1) is 0 Å². The minimum Gasteiger partial charge on any atom is -0.368 e. The standard InChI is InChI=1S/C17H18F4N6O/c18-11-1-3-12(4-2-11)23-16-25-13(24-15(22)26-16)9-27-7-5-10(6-8-27)14(28)17(19,20)21/h1-4,10H,5-9H2,(H3,22,23,24,25,26). The normalized spacial score (nSPS) is 16.1. The van der Waals surface area contributed by atoms with Crippen LogP contribution in [0.15, 0.2) is 24.3 Å². The van der Waals surface area contributed by atoms with Gasteiger partial charge in [-0.2, -0.15) is 28.1 Å². The molecule has 2 heterocycles. The first-order chi connectivity index (χ1) is 13.2. The Morgan fingerprint density at radius 2 is 1.79 bits per heavy atom. The summed E-state index contributed by atoms with van der Waals surface area (Å²) in [4.78, 5) is 25.5. The zero-order chi connectivity index (χ0) is 20.3. The molecule has 1 aromatic heterocycles. The molecule has 3 N–H and O–H groups in total. The fraction of sp³-hybridized carbons (Fsp3) is 0.412. The number of piperidine rings is 1. The Balaban J connectivity index is 1.61. The molecule has 7 nitrogen and oxygen atoms in total. The van der Waals surface area contributed by atoms with Gasteiger partial charge in [0.05, 0.1) is 6.54 Å². The van der Waals surface area contributed by atoms with Gasteiger partial charge in [0.2, 0.25) is 17.7 Å². The molecule has 1 aliphatic heterocycles. The van der Waals surface area contributed by atoms with E-state index in [0.29, 0.717) is 24.6 Å². The van der Waals surface area contributed by atoms with E-state index in [2.05, 4.69) is 20.3 Å². The van der Waals surface area contributed by atoms with Crippen LogP contribution in [0.25, 0.3) is 0 Å². The third kappa shape index (κ3) is 5.12. The van der Waals surface area contributed by atoms with Crippen molar-refractivity contribution in [1.82, 2.24) is 19.9 Å². The second-order valence-electron chi connectivity index (χ2n) is 6.48. The summed E-state index contributed by atoms with van der Waals surface area (Å²) in [5.74, 6) is -2.54. The molecular formula is C17H18F4N6O. The van der Waals surface area contributed by atoms with Crippen LogP contribution >= 0.6 is 0 Å². The Bertz CT molecular complexity index is 835. The van der Waals surface area contributed by atoms with Crippen LogP contribution in [0, 0.1) is 11.7 Å². The highest BCUT2D eigenvalue weighted by Gasteiger charge is 2.43. The molecule has 0 spiro atoms. The van der Waals surface area contributed by atoms with Crippen LogP contribution < -0.4 is 11.1 Å². The van der Waals surface area contributed by atoms with Gasteiger partial charge in [-0.3, -0.25) is 9.69 Å². The summed E-state index contributed by atoms with van der Waals surface area (Å²) in [5.41, 5.74) is 6.26. The number of carbonyl (C=O) groups excluding carboxylic acids is 1. The summed E-state index contributed by atoms with van der Waals surface area (Å²) in [7, 11) is 0. The number of anilines is 3. The minimum absolute atomic E-state index is 0.0169. The van der Waals surface area contributed by atoms with Crippen molar-refractivity contribution in [2.24, 2.45) is 5.92 Å². The minimum atomic E-state index is -4.80. The highest BCUT2D eigenvalue weighted by atomic mass is 19.4. The van der Waals surface area contributed by atoms with Crippen molar-refractivity contribution in [2.45, 2.75) is 25.6 Å². The molecule has 0 atom stereocenters. The monoisotopic (exact) mass is 398 g/mol. The number of nitrogen functional groups attached to an aromatic ring is 1. The van der Waals surface area contributed by atoms with Crippen LogP contribution in [0.1, 0.15) is 18.7 Å². The van der Waals surface area contributed by atoms with Crippen molar-refractivity contribution in [3.05, 3.63) is 35.9 Å². The average molecular weight is 398 g/mol. The van der Waals surface area contributed by atoms with E-state index in [0.717, 1.165) is 0 Å². The van der Waals surface area contributed by atoms with Crippen molar-refractivity contribution in [1.29, 1.82) is 0 Å². The number of hydrogen-bond donors (Lipinski definition) is 2. The number of likely N-dealkylation sites (tertiary alicyclic amines) is 1. The lowest BCUT2D eigenvalue weighted by molar-refractivity contribution is -0.177. The Hall–Kier alpha value is -2.82. The first kappa shape index (κ1) is 19.9. The number of nitrogens with one attached hydrogen (secondary N) is 1. The molecule has 0 aliphatic carbocycles. The summed E-state index contributed by atoms with van der Waals surface area (Å²) in [6, 6.07) is 5.58. The molecule has 11 heteroatoms. The molecule has 0 unspecified atom stereocenters. The molecule has 28 heavy (non-hydrogen) atoms. The molecule has 1 fully saturated rings. The van der Waals surface area contributed by atoms with E-state index in [1.54, 1.807) is 0 Å². The van der Waals surface area contributed by atoms with E-state index in [-0.39, 0.29) is 37.1 Å². The van der Waals surface area contributed by atoms with Gasteiger partial charge >= 0.3 is 6.18 Å². The maximum Gasteiger partial charge on any atom is 0.450 e. The maximum atomic E-state index is 13.0. The number of halogens is 4. The molecule has 3 rings (SSSR count). The largest absolute Gasteiger partial charge is 0.450 e. The zero-order valence-electron chi connectivity index (χ0n) is 14.7. The van der Waals surface area contributed by atoms with Crippen LogP contribution in [0.2, 0.25) is 0 Å². The smallest absolute Gasteiger partial charge is 0.368 e. The molecule has 0 amide bonds. The number of alkyl halides is 3. The summed E-state index contributed by atoms with van der Waals surface area (Å²) < 4.78 is 50.6. The second-order valence-corrected chi connectivity index (χ2v) is 6.48. The van der Waals surface area contributed by atoms with Crippen LogP contribution in [0.3, 0.4) is 0 Å². The fourth-order valence-electron chi connectivity index (χ4n) is 3.01. The van der Waals surface area contributed by atoms with Gasteiger partial charge in [-0.25, -0.2) is 4.39 Å². The lowest BCUT2D eigenvalue weighted by atomic mass is 9.92. The Morgan fingerprint density at radius 3 is 2.39 bits per heavy atom. The van der Waals surface area contributed by atoms with E-state index in [9.17, 15) is 22.4 Å². The van der Waals surface area contributed by atoms with Gasteiger partial charge in [0.1, 0.15) is 11.6 Å². The Kier molecular flexibility index (Phi) is 5.73. The number of Topliss-reactive ketones (excluding diaryl/α,β-unsaturated/α-hetero) is 1. The predicted molar refractivity (Wildman–Crippen MR) is 93.0 cm³/mol. The molecule has 150 valence electrons. The average Bonchev–Trinajstić information content (AvgIpc) is 2.62. The molecule has 2 aromatic rings. The number of nitrogens with two attached hydrogens (primary N) is 1. The van der Waals surface area contributed by atoms with Gasteiger partial charge < -0.3 is 11.1 Å². The van der Waals surface area contributed by atoms with Crippen molar-refractivity contribution >= 4 is 23.4 Å². The summed E-state index contributed by atoms with van der Waals surface area (Å²) >= 11 is 0. The summed E-state index contributed by atoms with van der Waals surface area (Å²) in [5, 5.41) is 2.89. The molecule has 1 aliphatic rings. The van der Waals surface area contributed by atoms with Crippen molar-refractivity contribution in [3.8, 4) is 0 Å². The second kappa shape index (κ2) is 8.05. The Morgan fingerprint density at radius 1 is 1.14 bits per heavy atom. The fourth-order valence-corrected chi connectivity index (χ4v) is 3.01. The van der Waals surface area contributed by atoms with Crippen LogP contribution in [0.5, 0.6) is 0 Å². The van der Waals surface area contributed by atoms with Crippen molar-refractivity contribution < 1.29 is 22.4 Å². The highest BCUT2D eigenvalue weighted by Crippen LogP contribution is 2.28. The topological polar surface area (TPSA) is 97.0 Å². The number of rotatable bonds is 5. The molecule has 0 saturated carbocycles. The lowest BCUT2D eigenvalue weighted by Crippen LogP contribution is -2.40. The van der Waals surface area contributed by atoms with Crippen LogP contribution in [-0.2, 0) is 11.3 Å². The summed E-state index contributed by atoms with van der Waals surface area (Å²) in [6.45, 7) is 0.898. The van der Waals surface area contributed by atoms with E-state index in [1.807, 2.05) is 4.90 Å².